The van der Waals surface area contributed by atoms with Gasteiger partial charge in [-0.05, 0) is 6.42 Å². The summed E-state index contributed by atoms with van der Waals surface area (Å²) in [5.41, 5.74) is 2.59. The third-order valence-corrected chi connectivity index (χ3v) is 1.91. The van der Waals surface area contributed by atoms with Gasteiger partial charge >= 0.3 is 0 Å². The Balaban J connectivity index is 3.98. The number of nitrogens with one attached hydrogen (secondary N) is 1. The predicted molar refractivity (Wildman–Crippen MR) is 40.9 cm³/mol. The highest BCUT2D eigenvalue weighted by molar-refractivity contribution is 8.00. The van der Waals surface area contributed by atoms with Gasteiger partial charge in [0.25, 0.3) is 0 Å². The van der Waals surface area contributed by atoms with E-state index in [1.165, 1.54) is 0 Å². The van der Waals surface area contributed by atoms with Gasteiger partial charge in [0.05, 0.1) is 10.8 Å². The zero-order valence-corrected chi connectivity index (χ0v) is 6.79. The molecule has 0 aromatic heterocycles. The van der Waals surface area contributed by atoms with Gasteiger partial charge in [0.2, 0.25) is 0 Å². The zero-order chi connectivity index (χ0) is 7.28. The summed E-state index contributed by atoms with van der Waals surface area (Å²) in [5, 5.41) is 4.51. The molecule has 0 rings (SSSR count). The molecule has 54 valence electrons. The quantitative estimate of drug-likeness (QED) is 0.348. The van der Waals surface area contributed by atoms with E-state index < -0.39 is 10.8 Å². The van der Waals surface area contributed by atoms with Gasteiger partial charge in [0.1, 0.15) is 5.04 Å². The van der Waals surface area contributed by atoms with Crippen LogP contribution in [0.1, 0.15) is 13.3 Å². The summed E-state index contributed by atoms with van der Waals surface area (Å²) in [5.74, 6) is 0. The molecule has 9 heavy (non-hydrogen) atoms. The molecule has 0 heterocycles. The molecule has 0 bridgehead atoms. The number of rotatable bonds is 2. The minimum absolute atomic E-state index is 0.706. The third kappa shape index (κ3) is 3.24. The highest BCUT2D eigenvalue weighted by Gasteiger charge is 1.97. The molecule has 1 atom stereocenters. The standard InChI is InChI=1S/C5H12N2OS/c1-4-5(7-6-2)9(3)8/h6H,4H2,1-3H3. The fourth-order valence-corrected chi connectivity index (χ4v) is 1.10. The Morgan fingerprint density at radius 1 is 1.78 bits per heavy atom. The molecule has 0 aliphatic carbocycles. The molecule has 3 nitrogen and oxygen atoms in total. The molecule has 0 spiro atoms. The topological polar surface area (TPSA) is 41.5 Å². The Labute approximate surface area is 58.0 Å². The van der Waals surface area contributed by atoms with E-state index in [-0.39, 0.29) is 0 Å². The van der Waals surface area contributed by atoms with E-state index >= 15 is 0 Å². The highest BCUT2D eigenvalue weighted by Crippen LogP contribution is 1.87. The first-order valence-corrected chi connectivity index (χ1v) is 4.34. The van der Waals surface area contributed by atoms with Gasteiger partial charge in [-0.15, -0.1) is 0 Å². The smallest absolute Gasteiger partial charge is 0.123 e. The maximum Gasteiger partial charge on any atom is 0.123 e. The molecule has 0 saturated carbocycles. The number of hydrazone groups is 1. The first-order chi connectivity index (χ1) is 4.22. The van der Waals surface area contributed by atoms with E-state index in [1.54, 1.807) is 13.3 Å². The monoisotopic (exact) mass is 148 g/mol. The molecule has 0 aliphatic rings. The van der Waals surface area contributed by atoms with Crippen LogP contribution in [0.4, 0.5) is 0 Å². The molecule has 0 amide bonds. The second kappa shape index (κ2) is 4.49. The van der Waals surface area contributed by atoms with Gasteiger partial charge in [0.15, 0.2) is 0 Å². The molecule has 0 saturated heterocycles. The van der Waals surface area contributed by atoms with Crippen molar-refractivity contribution in [2.45, 2.75) is 13.3 Å². The molecule has 0 aliphatic heterocycles. The lowest BCUT2D eigenvalue weighted by molar-refractivity contribution is 0.692. The van der Waals surface area contributed by atoms with Gasteiger partial charge in [0, 0.05) is 13.3 Å². The lowest BCUT2D eigenvalue weighted by Crippen LogP contribution is -2.09. The van der Waals surface area contributed by atoms with Crippen molar-refractivity contribution in [2.75, 3.05) is 13.3 Å². The minimum atomic E-state index is -0.916. The maximum absolute atomic E-state index is 10.7. The Morgan fingerprint density at radius 3 is 2.44 bits per heavy atom. The van der Waals surface area contributed by atoms with Crippen molar-refractivity contribution in [3.63, 3.8) is 0 Å². The van der Waals surface area contributed by atoms with Gasteiger partial charge in [-0.25, -0.2) is 0 Å². The molecule has 1 N–H and O–H groups in total. The molecule has 4 heteroatoms. The van der Waals surface area contributed by atoms with Crippen molar-refractivity contribution in [3.8, 4) is 0 Å². The second-order valence-corrected chi connectivity index (χ2v) is 2.92. The van der Waals surface area contributed by atoms with E-state index in [1.807, 2.05) is 6.92 Å². The zero-order valence-electron chi connectivity index (χ0n) is 5.97. The normalized spacial score (nSPS) is 15.2. The number of hydrogen-bond donors (Lipinski definition) is 1. The molecular formula is C5H12N2OS. The third-order valence-electron chi connectivity index (χ3n) is 0.871. The van der Waals surface area contributed by atoms with Gasteiger partial charge in [-0.2, -0.15) is 5.10 Å². The lowest BCUT2D eigenvalue weighted by atomic mass is 10.5. The van der Waals surface area contributed by atoms with E-state index in [2.05, 4.69) is 10.5 Å². The predicted octanol–water partition coefficient (Wildman–Crippen LogP) is 0.308. The van der Waals surface area contributed by atoms with Crippen LogP contribution >= 0.6 is 0 Å². The molecule has 1 unspecified atom stereocenters. The first kappa shape index (κ1) is 8.62. The summed E-state index contributed by atoms with van der Waals surface area (Å²) in [6.45, 7) is 1.93. The van der Waals surface area contributed by atoms with Crippen LogP contribution in [0.2, 0.25) is 0 Å². The van der Waals surface area contributed by atoms with Crippen molar-refractivity contribution >= 4 is 15.8 Å². The van der Waals surface area contributed by atoms with Crippen LogP contribution in [0.15, 0.2) is 5.10 Å². The fraction of sp³-hybridized carbons (Fsp3) is 0.800. The van der Waals surface area contributed by atoms with Gasteiger partial charge in [-0.1, -0.05) is 6.92 Å². The SMILES string of the molecule is CCC(=NNC)S(C)=O. The van der Waals surface area contributed by atoms with Crippen LogP contribution in [0.3, 0.4) is 0 Å². The summed E-state index contributed by atoms with van der Waals surface area (Å²) in [7, 11) is 0.781. The molecule has 0 aromatic carbocycles. The average molecular weight is 148 g/mol. The maximum atomic E-state index is 10.7. The lowest BCUT2D eigenvalue weighted by Gasteiger charge is -1.95. The highest BCUT2D eigenvalue weighted by atomic mass is 32.2. The fourth-order valence-electron chi connectivity index (χ4n) is 0.471. The molecular weight excluding hydrogens is 136 g/mol. The van der Waals surface area contributed by atoms with E-state index in [4.69, 9.17) is 0 Å². The Morgan fingerprint density at radius 2 is 2.33 bits per heavy atom. The van der Waals surface area contributed by atoms with Crippen molar-refractivity contribution in [2.24, 2.45) is 5.10 Å². The molecule has 0 radical (unpaired) electrons. The Hall–Kier alpha value is -0.380. The van der Waals surface area contributed by atoms with E-state index in [0.717, 1.165) is 6.42 Å². The van der Waals surface area contributed by atoms with Crippen LogP contribution < -0.4 is 5.43 Å². The largest absolute Gasteiger partial charge is 0.312 e. The molecule has 0 fully saturated rings. The van der Waals surface area contributed by atoms with Crippen molar-refractivity contribution in [1.82, 2.24) is 5.43 Å². The van der Waals surface area contributed by atoms with Crippen LogP contribution in [0.25, 0.3) is 0 Å². The number of nitrogens with zero attached hydrogens (tertiary/aromatic N) is 1. The summed E-state index contributed by atoms with van der Waals surface area (Å²) >= 11 is 0. The first-order valence-electron chi connectivity index (χ1n) is 2.79. The van der Waals surface area contributed by atoms with E-state index in [0.29, 0.717) is 5.04 Å². The van der Waals surface area contributed by atoms with Crippen LogP contribution in [-0.2, 0) is 10.8 Å². The van der Waals surface area contributed by atoms with Gasteiger partial charge in [-0.3, -0.25) is 4.21 Å². The average Bonchev–Trinajstić information content (AvgIpc) is 1.82. The summed E-state index contributed by atoms with van der Waals surface area (Å²) < 4.78 is 10.7. The van der Waals surface area contributed by atoms with Gasteiger partial charge < -0.3 is 5.43 Å². The molecule has 0 aromatic rings. The van der Waals surface area contributed by atoms with Crippen molar-refractivity contribution in [3.05, 3.63) is 0 Å². The summed E-state index contributed by atoms with van der Waals surface area (Å²) in [4.78, 5) is 0. The summed E-state index contributed by atoms with van der Waals surface area (Å²) in [6, 6.07) is 0. The minimum Gasteiger partial charge on any atom is -0.312 e. The Bertz CT molecular complexity index is 133. The second-order valence-electron chi connectivity index (χ2n) is 1.54. The Kier molecular flexibility index (Phi) is 4.30. The number of hydrogen-bond acceptors (Lipinski definition) is 3. The van der Waals surface area contributed by atoms with Crippen LogP contribution in [0, 0.1) is 0 Å². The van der Waals surface area contributed by atoms with Crippen molar-refractivity contribution in [1.29, 1.82) is 0 Å². The van der Waals surface area contributed by atoms with Crippen molar-refractivity contribution < 1.29 is 4.21 Å². The van der Waals surface area contributed by atoms with Crippen LogP contribution in [0.5, 0.6) is 0 Å². The van der Waals surface area contributed by atoms with E-state index in [9.17, 15) is 4.21 Å². The summed E-state index contributed by atoms with van der Waals surface area (Å²) in [6.07, 6.45) is 2.36. The van der Waals surface area contributed by atoms with Crippen LogP contribution in [-0.4, -0.2) is 22.6 Å².